The van der Waals surface area contributed by atoms with Gasteiger partial charge in [0.25, 0.3) is 0 Å². The largest absolute Gasteiger partial charge is 0.353 e. The molecule has 20 heavy (non-hydrogen) atoms. The van der Waals surface area contributed by atoms with Crippen LogP contribution in [0.5, 0.6) is 0 Å². The van der Waals surface area contributed by atoms with Gasteiger partial charge < -0.3 is 10.2 Å². The average molecular weight is 339 g/mol. The van der Waals surface area contributed by atoms with Crippen LogP contribution in [0.4, 0.5) is 5.82 Å². The summed E-state index contributed by atoms with van der Waals surface area (Å²) in [4.78, 5) is 9.82. The molecule has 5 heteroatoms. The Balaban J connectivity index is 1.78. The molecule has 0 aliphatic carbocycles. The smallest absolute Gasteiger partial charge is 0.133 e. The van der Waals surface area contributed by atoms with E-state index < -0.39 is 0 Å². The third kappa shape index (κ3) is 3.00. The maximum atomic E-state index is 4.68. The van der Waals surface area contributed by atoms with Gasteiger partial charge in [0.2, 0.25) is 0 Å². The summed E-state index contributed by atoms with van der Waals surface area (Å²) in [7, 11) is 1.99. The summed E-state index contributed by atoms with van der Waals surface area (Å²) in [5.74, 6) is 1.16. The van der Waals surface area contributed by atoms with Gasteiger partial charge in [-0.05, 0) is 48.4 Å². The molecule has 1 N–H and O–H groups in total. The summed E-state index contributed by atoms with van der Waals surface area (Å²) >= 11 is 3.53. The number of fused-ring (bicyclic) bond motifs is 1. The molecule has 0 aromatic carbocycles. The van der Waals surface area contributed by atoms with Crippen molar-refractivity contribution in [1.29, 1.82) is 0 Å². The zero-order valence-corrected chi connectivity index (χ0v) is 13.7. The first-order chi connectivity index (χ1) is 9.78. The van der Waals surface area contributed by atoms with Crippen molar-refractivity contribution in [3.63, 3.8) is 0 Å². The van der Waals surface area contributed by atoms with E-state index in [1.807, 2.05) is 13.2 Å². The highest BCUT2D eigenvalue weighted by molar-refractivity contribution is 9.10. The van der Waals surface area contributed by atoms with E-state index in [1.165, 1.54) is 37.9 Å². The summed E-state index contributed by atoms with van der Waals surface area (Å²) < 4.78 is 1.06. The second kappa shape index (κ2) is 6.41. The van der Waals surface area contributed by atoms with E-state index in [2.05, 4.69) is 42.1 Å². The summed E-state index contributed by atoms with van der Waals surface area (Å²) in [6, 6.07) is 2.91. The Hall–Kier alpha value is -0.650. The molecule has 110 valence electrons. The molecule has 0 spiro atoms. The number of anilines is 1. The Morgan fingerprint density at radius 3 is 3.10 bits per heavy atom. The van der Waals surface area contributed by atoms with Crippen LogP contribution in [0.1, 0.15) is 24.8 Å². The predicted molar refractivity (Wildman–Crippen MR) is 86.1 cm³/mol. The van der Waals surface area contributed by atoms with Gasteiger partial charge in [0.15, 0.2) is 0 Å². The van der Waals surface area contributed by atoms with Crippen molar-refractivity contribution in [2.75, 3.05) is 38.1 Å². The maximum absolute atomic E-state index is 4.68. The molecule has 0 amide bonds. The third-order valence-electron chi connectivity index (χ3n) is 4.41. The Morgan fingerprint density at radius 2 is 2.25 bits per heavy atom. The molecular formula is C15H23BrN4. The van der Waals surface area contributed by atoms with Crippen molar-refractivity contribution in [2.45, 2.75) is 31.8 Å². The van der Waals surface area contributed by atoms with Crippen LogP contribution >= 0.6 is 15.9 Å². The fourth-order valence-corrected chi connectivity index (χ4v) is 3.81. The second-order valence-electron chi connectivity index (χ2n) is 5.80. The number of piperidine rings is 1. The molecule has 2 fully saturated rings. The van der Waals surface area contributed by atoms with Crippen LogP contribution in [0.3, 0.4) is 0 Å². The first-order valence-electron chi connectivity index (χ1n) is 7.56. The lowest BCUT2D eigenvalue weighted by Gasteiger charge is -2.44. The number of halogens is 1. The normalized spacial score (nSPS) is 23.7. The van der Waals surface area contributed by atoms with E-state index in [9.17, 15) is 0 Å². The standard InChI is InChI=1S/C15H23BrN4/c1-17-9-12-8-13(16)10-18-15(12)20-7-6-19-5-3-2-4-14(19)11-20/h8,10,14,17H,2-7,9,11H2,1H3. The van der Waals surface area contributed by atoms with Crippen molar-refractivity contribution in [3.05, 3.63) is 22.3 Å². The van der Waals surface area contributed by atoms with Gasteiger partial charge in [-0.2, -0.15) is 0 Å². The molecule has 1 aromatic heterocycles. The summed E-state index contributed by atoms with van der Waals surface area (Å²) in [5.41, 5.74) is 1.28. The van der Waals surface area contributed by atoms with Crippen molar-refractivity contribution in [2.24, 2.45) is 0 Å². The monoisotopic (exact) mass is 338 g/mol. The SMILES string of the molecule is CNCc1cc(Br)cnc1N1CCN2CCCCC2C1. The number of aromatic nitrogens is 1. The summed E-state index contributed by atoms with van der Waals surface area (Å²) in [6.45, 7) is 5.57. The average Bonchev–Trinajstić information content (AvgIpc) is 2.47. The molecule has 1 aromatic rings. The van der Waals surface area contributed by atoms with Crippen molar-refractivity contribution in [3.8, 4) is 0 Å². The number of hydrogen-bond donors (Lipinski definition) is 1. The van der Waals surface area contributed by atoms with Crippen molar-refractivity contribution in [1.82, 2.24) is 15.2 Å². The zero-order valence-electron chi connectivity index (χ0n) is 12.1. The number of pyridine rings is 1. The van der Waals surface area contributed by atoms with E-state index in [1.54, 1.807) is 0 Å². The van der Waals surface area contributed by atoms with Crippen LogP contribution in [0.25, 0.3) is 0 Å². The van der Waals surface area contributed by atoms with Gasteiger partial charge in [-0.25, -0.2) is 4.98 Å². The third-order valence-corrected chi connectivity index (χ3v) is 4.85. The van der Waals surface area contributed by atoms with Crippen molar-refractivity contribution >= 4 is 21.7 Å². The molecule has 0 saturated carbocycles. The molecule has 2 aliphatic heterocycles. The van der Waals surface area contributed by atoms with E-state index in [0.717, 1.165) is 36.0 Å². The Bertz CT molecular complexity index is 465. The Labute approximate surface area is 129 Å². The number of nitrogens with zero attached hydrogens (tertiary/aromatic N) is 3. The van der Waals surface area contributed by atoms with E-state index >= 15 is 0 Å². The second-order valence-corrected chi connectivity index (χ2v) is 6.71. The minimum absolute atomic E-state index is 0.727. The van der Waals surface area contributed by atoms with Gasteiger partial charge in [-0.1, -0.05) is 6.42 Å². The number of piperazine rings is 1. The fourth-order valence-electron chi connectivity index (χ4n) is 3.43. The molecule has 2 saturated heterocycles. The molecule has 1 unspecified atom stereocenters. The molecule has 3 heterocycles. The van der Waals surface area contributed by atoms with Gasteiger partial charge in [-0.15, -0.1) is 0 Å². The van der Waals surface area contributed by atoms with Crippen LogP contribution in [0.2, 0.25) is 0 Å². The number of hydrogen-bond acceptors (Lipinski definition) is 4. The zero-order chi connectivity index (χ0) is 13.9. The molecular weight excluding hydrogens is 316 g/mol. The lowest BCUT2D eigenvalue weighted by molar-refractivity contribution is 0.133. The van der Waals surface area contributed by atoms with Crippen molar-refractivity contribution < 1.29 is 0 Å². The maximum Gasteiger partial charge on any atom is 0.133 e. The van der Waals surface area contributed by atoms with Gasteiger partial charge >= 0.3 is 0 Å². The van der Waals surface area contributed by atoms with Crippen LogP contribution < -0.4 is 10.2 Å². The Kier molecular flexibility index (Phi) is 4.58. The van der Waals surface area contributed by atoms with Crippen LogP contribution in [-0.4, -0.2) is 49.2 Å². The van der Waals surface area contributed by atoms with Crippen LogP contribution in [0, 0.1) is 0 Å². The van der Waals surface area contributed by atoms with Gasteiger partial charge in [-0.3, -0.25) is 4.90 Å². The summed E-state index contributed by atoms with van der Waals surface area (Å²) in [6.07, 6.45) is 6.01. The highest BCUT2D eigenvalue weighted by Gasteiger charge is 2.30. The van der Waals surface area contributed by atoms with Gasteiger partial charge in [0.1, 0.15) is 5.82 Å². The van der Waals surface area contributed by atoms with E-state index in [-0.39, 0.29) is 0 Å². The number of rotatable bonds is 3. The first kappa shape index (κ1) is 14.3. The molecule has 1 atom stereocenters. The first-order valence-corrected chi connectivity index (χ1v) is 8.35. The lowest BCUT2D eigenvalue weighted by atomic mass is 9.99. The minimum atomic E-state index is 0.727. The van der Waals surface area contributed by atoms with Crippen LogP contribution in [-0.2, 0) is 6.54 Å². The minimum Gasteiger partial charge on any atom is -0.353 e. The summed E-state index contributed by atoms with van der Waals surface area (Å²) in [5, 5.41) is 3.25. The Morgan fingerprint density at radius 1 is 1.35 bits per heavy atom. The highest BCUT2D eigenvalue weighted by atomic mass is 79.9. The molecule has 0 bridgehead atoms. The molecule has 0 radical (unpaired) electrons. The van der Waals surface area contributed by atoms with E-state index in [0.29, 0.717) is 0 Å². The topological polar surface area (TPSA) is 31.4 Å². The van der Waals surface area contributed by atoms with Gasteiger partial charge in [0, 0.05) is 48.5 Å². The molecule has 3 rings (SSSR count). The molecule has 2 aliphatic rings. The number of nitrogens with one attached hydrogen (secondary N) is 1. The quantitative estimate of drug-likeness (QED) is 0.915. The highest BCUT2D eigenvalue weighted by Crippen LogP contribution is 2.27. The predicted octanol–water partition coefficient (Wildman–Crippen LogP) is 2.24. The van der Waals surface area contributed by atoms with Crippen LogP contribution in [0.15, 0.2) is 16.7 Å². The molecule has 4 nitrogen and oxygen atoms in total. The lowest BCUT2D eigenvalue weighted by Crippen LogP contribution is -2.55. The van der Waals surface area contributed by atoms with E-state index in [4.69, 9.17) is 0 Å². The van der Waals surface area contributed by atoms with Gasteiger partial charge in [0.05, 0.1) is 0 Å². The fraction of sp³-hybridized carbons (Fsp3) is 0.667.